The number of rotatable bonds is 2. The molecule has 0 atom stereocenters. The zero-order valence-electron chi connectivity index (χ0n) is 9.50. The molecule has 2 rings (SSSR count). The predicted octanol–water partition coefficient (Wildman–Crippen LogP) is 1.23. The Kier molecular flexibility index (Phi) is 3.02. The molecule has 1 heterocycles. The van der Waals surface area contributed by atoms with Gasteiger partial charge in [-0.15, -0.1) is 0 Å². The maximum atomic E-state index is 13.6. The van der Waals surface area contributed by atoms with Crippen molar-refractivity contribution >= 4 is 17.6 Å². The van der Waals surface area contributed by atoms with E-state index in [2.05, 4.69) is 15.0 Å². The Labute approximate surface area is 103 Å². The Hall–Kier alpha value is -2.75. The van der Waals surface area contributed by atoms with Crippen molar-refractivity contribution in [2.75, 3.05) is 17.7 Å². The van der Waals surface area contributed by atoms with Gasteiger partial charge in [0.15, 0.2) is 0 Å². The van der Waals surface area contributed by atoms with E-state index in [1.807, 2.05) is 0 Å². The first kappa shape index (κ1) is 11.7. The van der Waals surface area contributed by atoms with E-state index in [0.29, 0.717) is 0 Å². The Balaban J connectivity index is 2.47. The molecule has 7 heteroatoms. The summed E-state index contributed by atoms with van der Waals surface area (Å²) in [4.78, 5) is 12.8. The molecule has 0 aliphatic carbocycles. The third kappa shape index (κ3) is 2.17. The summed E-state index contributed by atoms with van der Waals surface area (Å²) in [6, 6.07) is 7.92. The first-order valence-corrected chi connectivity index (χ1v) is 5.01. The lowest BCUT2D eigenvalue weighted by molar-refractivity contribution is 0.626. The van der Waals surface area contributed by atoms with Crippen LogP contribution in [0.25, 0.3) is 0 Å². The summed E-state index contributed by atoms with van der Waals surface area (Å²) in [5.74, 6) is -0.498. The summed E-state index contributed by atoms with van der Waals surface area (Å²) in [5.41, 5.74) is 5.74. The topological polar surface area (TPSA) is 91.7 Å². The van der Waals surface area contributed by atoms with Crippen molar-refractivity contribution in [3.05, 3.63) is 35.9 Å². The van der Waals surface area contributed by atoms with Gasteiger partial charge in [-0.05, 0) is 12.1 Å². The van der Waals surface area contributed by atoms with Crippen molar-refractivity contribution < 1.29 is 4.39 Å². The van der Waals surface area contributed by atoms with Crippen LogP contribution in [0.1, 0.15) is 5.82 Å². The van der Waals surface area contributed by atoms with Gasteiger partial charge in [0.25, 0.3) is 0 Å². The van der Waals surface area contributed by atoms with E-state index in [1.54, 1.807) is 31.3 Å². The number of hydrogen-bond acceptors (Lipinski definition) is 6. The van der Waals surface area contributed by atoms with E-state index in [9.17, 15) is 4.39 Å². The Morgan fingerprint density at radius 1 is 1.28 bits per heavy atom. The van der Waals surface area contributed by atoms with Gasteiger partial charge in [0.05, 0.1) is 5.69 Å². The van der Waals surface area contributed by atoms with Gasteiger partial charge in [-0.3, -0.25) is 0 Å². The van der Waals surface area contributed by atoms with E-state index < -0.39 is 5.82 Å². The number of para-hydroxylation sites is 1. The molecule has 0 aliphatic heterocycles. The summed E-state index contributed by atoms with van der Waals surface area (Å²) in [6.45, 7) is 0. The van der Waals surface area contributed by atoms with Crippen molar-refractivity contribution in [1.82, 2.24) is 15.0 Å². The number of anilines is 3. The highest BCUT2D eigenvalue weighted by Gasteiger charge is 2.13. The summed E-state index contributed by atoms with van der Waals surface area (Å²) in [7, 11) is 1.58. The highest BCUT2D eigenvalue weighted by Crippen LogP contribution is 2.23. The summed E-state index contributed by atoms with van der Waals surface area (Å²) in [5, 5.41) is 8.74. The third-order valence-electron chi connectivity index (χ3n) is 2.25. The van der Waals surface area contributed by atoms with Crippen LogP contribution in [0.5, 0.6) is 0 Å². The number of aromatic nitrogens is 3. The minimum atomic E-state index is -0.419. The fourth-order valence-electron chi connectivity index (χ4n) is 1.41. The van der Waals surface area contributed by atoms with Crippen LogP contribution < -0.4 is 10.6 Å². The third-order valence-corrected chi connectivity index (χ3v) is 2.25. The number of halogens is 1. The Bertz CT molecular complexity index is 621. The highest BCUT2D eigenvalue weighted by molar-refractivity contribution is 5.57. The van der Waals surface area contributed by atoms with Gasteiger partial charge in [-0.2, -0.15) is 20.2 Å². The van der Waals surface area contributed by atoms with Crippen molar-refractivity contribution in [2.24, 2.45) is 0 Å². The molecular weight excluding hydrogens is 235 g/mol. The van der Waals surface area contributed by atoms with Gasteiger partial charge in [-0.1, -0.05) is 12.1 Å². The molecule has 0 fully saturated rings. The fourth-order valence-corrected chi connectivity index (χ4v) is 1.41. The average Bonchev–Trinajstić information content (AvgIpc) is 2.37. The number of nitrogen functional groups attached to an aromatic ring is 1. The van der Waals surface area contributed by atoms with Gasteiger partial charge in [0.1, 0.15) is 11.9 Å². The zero-order valence-corrected chi connectivity index (χ0v) is 9.50. The molecule has 1 aromatic carbocycles. The molecule has 0 unspecified atom stereocenters. The second kappa shape index (κ2) is 4.63. The van der Waals surface area contributed by atoms with E-state index >= 15 is 0 Å². The highest BCUT2D eigenvalue weighted by atomic mass is 19.1. The van der Waals surface area contributed by atoms with Gasteiger partial charge in [-0.25, -0.2) is 4.39 Å². The molecule has 2 N–H and O–H groups in total. The van der Waals surface area contributed by atoms with Crippen LogP contribution in [-0.4, -0.2) is 22.0 Å². The van der Waals surface area contributed by atoms with Crippen LogP contribution >= 0.6 is 0 Å². The van der Waals surface area contributed by atoms with Crippen LogP contribution in [-0.2, 0) is 0 Å². The SMILES string of the molecule is CN(c1nc(N)nc(C#N)n1)c1ccccc1F. The number of nitriles is 1. The van der Waals surface area contributed by atoms with Gasteiger partial charge >= 0.3 is 0 Å². The average molecular weight is 244 g/mol. The van der Waals surface area contributed by atoms with Crippen LogP contribution in [0.15, 0.2) is 24.3 Å². The molecule has 18 heavy (non-hydrogen) atoms. The largest absolute Gasteiger partial charge is 0.368 e. The Morgan fingerprint density at radius 2 is 2.00 bits per heavy atom. The maximum absolute atomic E-state index is 13.6. The molecule has 0 aliphatic rings. The number of benzene rings is 1. The lowest BCUT2D eigenvalue weighted by Crippen LogP contribution is -2.16. The molecule has 6 nitrogen and oxygen atoms in total. The fraction of sp³-hybridized carbons (Fsp3) is 0.0909. The standard InChI is InChI=1S/C11H9FN6/c1-18(8-5-3-2-4-7(8)12)11-16-9(6-13)15-10(14)17-11/h2-5H,1H3,(H2,14,15,16,17). The van der Waals surface area contributed by atoms with E-state index in [1.165, 1.54) is 11.0 Å². The normalized spacial score (nSPS) is 9.83. The van der Waals surface area contributed by atoms with Crippen LogP contribution in [0.2, 0.25) is 0 Å². The maximum Gasteiger partial charge on any atom is 0.238 e. The number of nitrogens with two attached hydrogens (primary N) is 1. The molecule has 0 amide bonds. The molecule has 90 valence electrons. The van der Waals surface area contributed by atoms with Gasteiger partial charge in [0, 0.05) is 7.05 Å². The monoisotopic (exact) mass is 244 g/mol. The zero-order chi connectivity index (χ0) is 13.1. The summed E-state index contributed by atoms with van der Waals surface area (Å²) < 4.78 is 13.6. The number of hydrogen-bond donors (Lipinski definition) is 1. The molecule has 1 aromatic heterocycles. The minimum Gasteiger partial charge on any atom is -0.368 e. The molecule has 0 spiro atoms. The molecular formula is C11H9FN6. The van der Waals surface area contributed by atoms with Crippen LogP contribution in [0.4, 0.5) is 22.0 Å². The van der Waals surface area contributed by atoms with Crippen molar-refractivity contribution in [2.45, 2.75) is 0 Å². The van der Waals surface area contributed by atoms with E-state index in [-0.39, 0.29) is 23.4 Å². The lowest BCUT2D eigenvalue weighted by atomic mass is 10.3. The second-order valence-corrected chi connectivity index (χ2v) is 3.44. The molecule has 0 bridgehead atoms. The molecule has 0 saturated heterocycles. The first-order chi connectivity index (χ1) is 8.61. The van der Waals surface area contributed by atoms with Gasteiger partial charge in [0.2, 0.25) is 17.7 Å². The quantitative estimate of drug-likeness (QED) is 0.854. The van der Waals surface area contributed by atoms with Crippen molar-refractivity contribution in [3.8, 4) is 6.07 Å². The van der Waals surface area contributed by atoms with Crippen molar-refractivity contribution in [3.63, 3.8) is 0 Å². The molecule has 0 radical (unpaired) electrons. The van der Waals surface area contributed by atoms with Crippen LogP contribution in [0.3, 0.4) is 0 Å². The van der Waals surface area contributed by atoms with Gasteiger partial charge < -0.3 is 10.6 Å². The lowest BCUT2D eigenvalue weighted by Gasteiger charge is -2.17. The van der Waals surface area contributed by atoms with Crippen LogP contribution in [0, 0.1) is 17.1 Å². The second-order valence-electron chi connectivity index (χ2n) is 3.44. The smallest absolute Gasteiger partial charge is 0.238 e. The molecule has 0 saturated carbocycles. The van der Waals surface area contributed by atoms with Crippen molar-refractivity contribution in [1.29, 1.82) is 5.26 Å². The minimum absolute atomic E-state index is 0.0836. The number of nitrogens with zero attached hydrogens (tertiary/aromatic N) is 5. The predicted molar refractivity (Wildman–Crippen MR) is 63.4 cm³/mol. The Morgan fingerprint density at radius 3 is 2.67 bits per heavy atom. The first-order valence-electron chi connectivity index (χ1n) is 5.01. The summed E-state index contributed by atoms with van der Waals surface area (Å²) in [6.07, 6.45) is 0. The van der Waals surface area contributed by atoms with E-state index in [0.717, 1.165) is 0 Å². The van der Waals surface area contributed by atoms with E-state index in [4.69, 9.17) is 11.0 Å². The summed E-state index contributed by atoms with van der Waals surface area (Å²) >= 11 is 0. The molecule has 2 aromatic rings.